The van der Waals surface area contributed by atoms with E-state index in [0.29, 0.717) is 0 Å². The normalized spacial score (nSPS) is 10.8. The summed E-state index contributed by atoms with van der Waals surface area (Å²) >= 11 is 1.73. The molecule has 1 aromatic carbocycles. The highest BCUT2D eigenvalue weighted by Gasteiger charge is 2.17. The number of aryl methyl sites for hydroxylation is 2. The van der Waals surface area contributed by atoms with Crippen LogP contribution in [0.1, 0.15) is 11.3 Å². The van der Waals surface area contributed by atoms with Gasteiger partial charge in [0.25, 0.3) is 0 Å². The van der Waals surface area contributed by atoms with Crippen molar-refractivity contribution in [2.24, 2.45) is 0 Å². The number of aromatic nitrogens is 1. The maximum Gasteiger partial charge on any atom is 0.175 e. The molecule has 0 bridgehead atoms. The number of thiophene rings is 1. The standard InChI is InChI=1S/C15H13NOS/c1-10-8-13(18-9-10)14-11(2)16-17-15(14)12-6-4-3-5-7-12/h3-9H,1-2H3. The molecule has 0 aliphatic heterocycles. The molecule has 2 aromatic heterocycles. The summed E-state index contributed by atoms with van der Waals surface area (Å²) < 4.78 is 5.50. The van der Waals surface area contributed by atoms with Crippen LogP contribution in [0.3, 0.4) is 0 Å². The average molecular weight is 255 g/mol. The first-order valence-electron chi connectivity index (χ1n) is 5.83. The van der Waals surface area contributed by atoms with Gasteiger partial charge in [0.15, 0.2) is 5.76 Å². The van der Waals surface area contributed by atoms with Crippen LogP contribution in [0.5, 0.6) is 0 Å². The molecule has 3 aromatic rings. The summed E-state index contributed by atoms with van der Waals surface area (Å²) in [6.45, 7) is 4.09. The Morgan fingerprint density at radius 3 is 2.56 bits per heavy atom. The molecule has 0 N–H and O–H groups in total. The van der Waals surface area contributed by atoms with E-state index in [1.165, 1.54) is 10.4 Å². The Hall–Kier alpha value is -1.87. The van der Waals surface area contributed by atoms with E-state index in [-0.39, 0.29) is 0 Å². The lowest BCUT2D eigenvalue weighted by Crippen LogP contribution is -1.79. The molecule has 0 saturated heterocycles. The predicted molar refractivity (Wildman–Crippen MR) is 74.7 cm³/mol. The summed E-state index contributed by atoms with van der Waals surface area (Å²) in [5, 5.41) is 6.26. The zero-order valence-corrected chi connectivity index (χ0v) is 11.1. The van der Waals surface area contributed by atoms with Gasteiger partial charge in [0, 0.05) is 10.4 Å². The van der Waals surface area contributed by atoms with Crippen LogP contribution in [0.4, 0.5) is 0 Å². The number of rotatable bonds is 2. The first-order chi connectivity index (χ1) is 8.75. The minimum absolute atomic E-state index is 0.856. The van der Waals surface area contributed by atoms with E-state index in [9.17, 15) is 0 Å². The van der Waals surface area contributed by atoms with Crippen molar-refractivity contribution in [1.29, 1.82) is 0 Å². The molecule has 0 aliphatic carbocycles. The summed E-state index contributed by atoms with van der Waals surface area (Å²) in [7, 11) is 0. The minimum atomic E-state index is 0.856. The third-order valence-corrected chi connectivity index (χ3v) is 3.94. The van der Waals surface area contributed by atoms with Crippen molar-refractivity contribution in [3.63, 3.8) is 0 Å². The van der Waals surface area contributed by atoms with E-state index in [4.69, 9.17) is 4.52 Å². The Bertz CT molecular complexity index is 667. The maximum absolute atomic E-state index is 5.50. The van der Waals surface area contributed by atoms with Gasteiger partial charge in [-0.2, -0.15) is 0 Å². The zero-order valence-electron chi connectivity index (χ0n) is 10.3. The molecule has 0 aliphatic rings. The summed E-state index contributed by atoms with van der Waals surface area (Å²) in [6, 6.07) is 12.3. The molecule has 0 spiro atoms. The van der Waals surface area contributed by atoms with E-state index in [1.54, 1.807) is 11.3 Å². The molecule has 3 rings (SSSR count). The smallest absolute Gasteiger partial charge is 0.175 e. The molecule has 0 radical (unpaired) electrons. The van der Waals surface area contributed by atoms with Crippen molar-refractivity contribution in [2.45, 2.75) is 13.8 Å². The van der Waals surface area contributed by atoms with E-state index >= 15 is 0 Å². The molecule has 0 amide bonds. The molecule has 2 heterocycles. The van der Waals surface area contributed by atoms with Crippen LogP contribution >= 0.6 is 11.3 Å². The highest BCUT2D eigenvalue weighted by Crippen LogP contribution is 2.37. The molecular formula is C15H13NOS. The Labute approximate surface area is 110 Å². The second-order valence-corrected chi connectivity index (χ2v) is 5.24. The van der Waals surface area contributed by atoms with Crippen LogP contribution in [0.2, 0.25) is 0 Å². The predicted octanol–water partition coefficient (Wildman–Crippen LogP) is 4.69. The SMILES string of the molecule is Cc1csc(-c2c(C)noc2-c2ccccc2)c1. The van der Waals surface area contributed by atoms with E-state index in [0.717, 1.165) is 22.6 Å². The highest BCUT2D eigenvalue weighted by atomic mass is 32.1. The fraction of sp³-hybridized carbons (Fsp3) is 0.133. The quantitative estimate of drug-likeness (QED) is 0.664. The van der Waals surface area contributed by atoms with Gasteiger partial charge >= 0.3 is 0 Å². The Morgan fingerprint density at radius 2 is 1.89 bits per heavy atom. The third kappa shape index (κ3) is 1.87. The molecule has 18 heavy (non-hydrogen) atoms. The molecule has 3 heteroatoms. The summed E-state index contributed by atoms with van der Waals surface area (Å²) in [5.74, 6) is 0.856. The van der Waals surface area contributed by atoms with E-state index in [1.807, 2.05) is 37.3 Å². The van der Waals surface area contributed by atoms with Crippen LogP contribution in [-0.4, -0.2) is 5.16 Å². The van der Waals surface area contributed by atoms with Crippen LogP contribution in [-0.2, 0) is 0 Å². The Kier molecular flexibility index (Phi) is 2.76. The van der Waals surface area contributed by atoms with Gasteiger partial charge < -0.3 is 4.52 Å². The van der Waals surface area contributed by atoms with Crippen molar-refractivity contribution in [3.05, 3.63) is 53.0 Å². The van der Waals surface area contributed by atoms with Crippen LogP contribution in [0.25, 0.3) is 21.8 Å². The second kappa shape index (κ2) is 4.42. The van der Waals surface area contributed by atoms with Crippen molar-refractivity contribution < 1.29 is 4.52 Å². The second-order valence-electron chi connectivity index (χ2n) is 4.33. The summed E-state index contributed by atoms with van der Waals surface area (Å²) in [6.07, 6.45) is 0. The fourth-order valence-electron chi connectivity index (χ4n) is 2.01. The first-order valence-corrected chi connectivity index (χ1v) is 6.71. The summed E-state index contributed by atoms with van der Waals surface area (Å²) in [5.41, 5.74) is 4.39. The zero-order chi connectivity index (χ0) is 12.5. The van der Waals surface area contributed by atoms with Crippen LogP contribution in [0, 0.1) is 13.8 Å². The largest absolute Gasteiger partial charge is 0.355 e. The van der Waals surface area contributed by atoms with Gasteiger partial charge in [-0.3, -0.25) is 0 Å². The molecular weight excluding hydrogens is 242 g/mol. The fourth-order valence-corrected chi connectivity index (χ4v) is 3.00. The number of benzene rings is 1. The van der Waals surface area contributed by atoms with Gasteiger partial charge in [-0.05, 0) is 30.9 Å². The first kappa shape index (κ1) is 11.2. The molecule has 2 nitrogen and oxygen atoms in total. The van der Waals surface area contributed by atoms with Crippen molar-refractivity contribution in [1.82, 2.24) is 5.16 Å². The third-order valence-electron chi connectivity index (χ3n) is 2.88. The molecule has 0 atom stereocenters. The molecule has 0 saturated carbocycles. The number of hydrogen-bond donors (Lipinski definition) is 0. The number of nitrogens with zero attached hydrogens (tertiary/aromatic N) is 1. The van der Waals surface area contributed by atoms with Gasteiger partial charge in [-0.15, -0.1) is 11.3 Å². The lowest BCUT2D eigenvalue weighted by Gasteiger charge is -1.99. The van der Waals surface area contributed by atoms with Gasteiger partial charge in [0.1, 0.15) is 0 Å². The number of hydrogen-bond acceptors (Lipinski definition) is 3. The van der Waals surface area contributed by atoms with E-state index < -0.39 is 0 Å². The van der Waals surface area contributed by atoms with Crippen molar-refractivity contribution >= 4 is 11.3 Å². The molecule has 0 fully saturated rings. The Balaban J connectivity index is 2.18. The highest BCUT2D eigenvalue weighted by molar-refractivity contribution is 7.13. The van der Waals surface area contributed by atoms with Gasteiger partial charge in [0.2, 0.25) is 0 Å². The monoisotopic (exact) mass is 255 g/mol. The van der Waals surface area contributed by atoms with Crippen LogP contribution < -0.4 is 0 Å². The molecule has 0 unspecified atom stereocenters. The molecule has 90 valence electrons. The summed E-state index contributed by atoms with van der Waals surface area (Å²) in [4.78, 5) is 1.21. The minimum Gasteiger partial charge on any atom is -0.355 e. The van der Waals surface area contributed by atoms with Gasteiger partial charge in [0.05, 0.1) is 11.3 Å². The average Bonchev–Trinajstić information content (AvgIpc) is 2.96. The lowest BCUT2D eigenvalue weighted by molar-refractivity contribution is 0.427. The topological polar surface area (TPSA) is 26.0 Å². The van der Waals surface area contributed by atoms with Crippen molar-refractivity contribution in [2.75, 3.05) is 0 Å². The van der Waals surface area contributed by atoms with Gasteiger partial charge in [-0.25, -0.2) is 0 Å². The van der Waals surface area contributed by atoms with E-state index in [2.05, 4.69) is 23.5 Å². The Morgan fingerprint density at radius 1 is 1.11 bits per heavy atom. The maximum atomic E-state index is 5.50. The lowest BCUT2D eigenvalue weighted by atomic mass is 10.1. The van der Waals surface area contributed by atoms with Crippen molar-refractivity contribution in [3.8, 4) is 21.8 Å². The van der Waals surface area contributed by atoms with Gasteiger partial charge in [-0.1, -0.05) is 35.5 Å². The van der Waals surface area contributed by atoms with Crippen LogP contribution in [0.15, 0.2) is 46.3 Å².